The third-order valence-corrected chi connectivity index (χ3v) is 4.97. The fraction of sp³-hybridized carbons (Fsp3) is 0. The fourth-order valence-electron chi connectivity index (χ4n) is 1.09. The van der Waals surface area contributed by atoms with Crippen LogP contribution in [0.4, 0.5) is 15.2 Å². The smallest absolute Gasteiger partial charge is 0.291 e. The van der Waals surface area contributed by atoms with Gasteiger partial charge in [-0.25, -0.2) is 4.39 Å². The summed E-state index contributed by atoms with van der Waals surface area (Å²) in [5, 5.41) is 6.90. The molecule has 0 unspecified atom stereocenters. The zero-order chi connectivity index (χ0) is 13.3. The summed E-state index contributed by atoms with van der Waals surface area (Å²) >= 11 is 3.79. The van der Waals surface area contributed by atoms with E-state index >= 15 is 0 Å². The summed E-state index contributed by atoms with van der Waals surface area (Å²) in [7, 11) is -3.87. The summed E-state index contributed by atoms with van der Waals surface area (Å²) in [5.41, 5.74) is 5.51. The van der Waals surface area contributed by atoms with Crippen molar-refractivity contribution in [1.82, 2.24) is 10.2 Å². The maximum atomic E-state index is 12.9. The Morgan fingerprint density at radius 3 is 2.67 bits per heavy atom. The zero-order valence-electron chi connectivity index (χ0n) is 8.59. The molecule has 96 valence electrons. The lowest BCUT2D eigenvalue weighted by Crippen LogP contribution is -2.13. The molecule has 1 aromatic carbocycles. The second-order valence-electron chi connectivity index (χ2n) is 3.14. The van der Waals surface area contributed by atoms with E-state index in [0.29, 0.717) is 0 Å². The van der Waals surface area contributed by atoms with E-state index in [1.165, 1.54) is 6.07 Å². The van der Waals surface area contributed by atoms with E-state index in [-0.39, 0.29) is 19.6 Å². The Bertz CT molecular complexity index is 688. The van der Waals surface area contributed by atoms with Crippen molar-refractivity contribution < 1.29 is 12.8 Å². The largest absolute Gasteiger partial charge is 0.374 e. The molecule has 0 fully saturated rings. The number of sulfonamides is 1. The molecule has 2 rings (SSSR count). The van der Waals surface area contributed by atoms with Gasteiger partial charge in [-0.1, -0.05) is 11.3 Å². The van der Waals surface area contributed by atoms with Crippen LogP contribution in [0.15, 0.2) is 27.0 Å². The van der Waals surface area contributed by atoms with E-state index < -0.39 is 15.8 Å². The molecule has 0 atom stereocenters. The number of anilines is 2. The van der Waals surface area contributed by atoms with Crippen molar-refractivity contribution >= 4 is 48.1 Å². The van der Waals surface area contributed by atoms with Crippen molar-refractivity contribution in [2.45, 2.75) is 4.34 Å². The number of hydrogen-bond donors (Lipinski definition) is 2. The second kappa shape index (κ2) is 4.78. The van der Waals surface area contributed by atoms with Crippen molar-refractivity contribution in [1.29, 1.82) is 0 Å². The summed E-state index contributed by atoms with van der Waals surface area (Å²) in [6.07, 6.45) is 0. The highest BCUT2D eigenvalue weighted by Gasteiger charge is 2.20. The van der Waals surface area contributed by atoms with Crippen LogP contribution in [0.5, 0.6) is 0 Å². The first-order valence-electron chi connectivity index (χ1n) is 4.45. The van der Waals surface area contributed by atoms with Crippen LogP contribution >= 0.6 is 27.3 Å². The van der Waals surface area contributed by atoms with Gasteiger partial charge in [0.05, 0.1) is 5.69 Å². The molecular weight excluding hydrogens is 347 g/mol. The molecule has 0 aliphatic heterocycles. The van der Waals surface area contributed by atoms with Crippen molar-refractivity contribution in [2.24, 2.45) is 0 Å². The number of nitrogen functional groups attached to an aromatic ring is 1. The molecule has 0 saturated heterocycles. The molecule has 0 aliphatic rings. The third kappa shape index (κ3) is 2.76. The van der Waals surface area contributed by atoms with E-state index in [1.54, 1.807) is 0 Å². The number of nitrogens with zero attached hydrogens (tertiary/aromatic N) is 2. The van der Waals surface area contributed by atoms with Gasteiger partial charge in [-0.05, 0) is 34.1 Å². The Labute approximate surface area is 114 Å². The van der Waals surface area contributed by atoms with E-state index in [9.17, 15) is 12.8 Å². The lowest BCUT2D eigenvalue weighted by atomic mass is 10.3. The second-order valence-corrected chi connectivity index (χ2v) is 6.86. The number of halogens is 2. The lowest BCUT2D eigenvalue weighted by molar-refractivity contribution is 0.599. The molecule has 1 heterocycles. The standard InChI is InChI=1S/C8H6BrFN4O2S2/c9-5-3-4(10)1-2-6(5)14-18(15,16)8-13-12-7(11)17-8/h1-3,14H,(H2,11,12). The van der Waals surface area contributed by atoms with Crippen molar-refractivity contribution in [3.05, 3.63) is 28.5 Å². The van der Waals surface area contributed by atoms with E-state index in [1.807, 2.05) is 0 Å². The van der Waals surface area contributed by atoms with Crippen molar-refractivity contribution in [2.75, 3.05) is 10.5 Å². The highest BCUT2D eigenvalue weighted by molar-refractivity contribution is 9.10. The topological polar surface area (TPSA) is 98.0 Å². The normalized spacial score (nSPS) is 11.4. The van der Waals surface area contributed by atoms with Crippen LogP contribution in [0.2, 0.25) is 0 Å². The van der Waals surface area contributed by atoms with Crippen LogP contribution in [0.1, 0.15) is 0 Å². The predicted octanol–water partition coefficient (Wildman–Crippen LogP) is 1.82. The van der Waals surface area contributed by atoms with Gasteiger partial charge in [-0.15, -0.1) is 10.2 Å². The van der Waals surface area contributed by atoms with Gasteiger partial charge >= 0.3 is 0 Å². The van der Waals surface area contributed by atoms with Crippen molar-refractivity contribution in [3.8, 4) is 0 Å². The molecule has 3 N–H and O–H groups in total. The minimum Gasteiger partial charge on any atom is -0.374 e. The molecular formula is C8H6BrFN4O2S2. The van der Waals surface area contributed by atoms with Gasteiger partial charge in [0, 0.05) is 4.47 Å². The number of nitrogens with one attached hydrogen (secondary N) is 1. The van der Waals surface area contributed by atoms with Crippen molar-refractivity contribution in [3.63, 3.8) is 0 Å². The first kappa shape index (κ1) is 13.2. The highest BCUT2D eigenvalue weighted by Crippen LogP contribution is 2.26. The van der Waals surface area contributed by atoms with Crippen LogP contribution in [0.25, 0.3) is 0 Å². The molecule has 2 aromatic rings. The maximum Gasteiger partial charge on any atom is 0.291 e. The molecule has 0 aliphatic carbocycles. The van der Waals surface area contributed by atoms with Crippen LogP contribution in [0, 0.1) is 5.82 Å². The Hall–Kier alpha value is -1.26. The average molecular weight is 353 g/mol. The Morgan fingerprint density at radius 1 is 1.39 bits per heavy atom. The van der Waals surface area contributed by atoms with Gasteiger partial charge in [-0.2, -0.15) is 8.42 Å². The Morgan fingerprint density at radius 2 is 2.11 bits per heavy atom. The number of rotatable bonds is 3. The van der Waals surface area contributed by atoms with Gasteiger partial charge in [-0.3, -0.25) is 4.72 Å². The van der Waals surface area contributed by atoms with Gasteiger partial charge in [0.15, 0.2) is 0 Å². The fourth-order valence-corrected chi connectivity index (χ4v) is 3.54. The monoisotopic (exact) mass is 352 g/mol. The molecule has 0 amide bonds. The molecule has 6 nitrogen and oxygen atoms in total. The van der Waals surface area contributed by atoms with Crippen LogP contribution in [0.3, 0.4) is 0 Å². The predicted molar refractivity (Wildman–Crippen MR) is 69.2 cm³/mol. The molecule has 0 radical (unpaired) electrons. The van der Waals surface area contributed by atoms with Crippen LogP contribution in [-0.4, -0.2) is 18.6 Å². The Balaban J connectivity index is 2.33. The minimum absolute atomic E-state index is 0.0496. The third-order valence-electron chi connectivity index (χ3n) is 1.83. The van der Waals surface area contributed by atoms with Gasteiger partial charge in [0.1, 0.15) is 5.82 Å². The average Bonchev–Trinajstić information content (AvgIpc) is 2.70. The van der Waals surface area contributed by atoms with Gasteiger partial charge < -0.3 is 5.73 Å². The maximum absolute atomic E-state index is 12.9. The quantitative estimate of drug-likeness (QED) is 0.877. The molecule has 1 aromatic heterocycles. The lowest BCUT2D eigenvalue weighted by Gasteiger charge is -2.06. The number of benzene rings is 1. The molecule has 0 spiro atoms. The Kier molecular flexibility index (Phi) is 3.50. The number of nitrogens with two attached hydrogens (primary N) is 1. The van der Waals surface area contributed by atoms with E-state index in [0.717, 1.165) is 23.5 Å². The summed E-state index contributed by atoms with van der Waals surface area (Å²) in [6, 6.07) is 3.57. The number of hydrogen-bond acceptors (Lipinski definition) is 6. The SMILES string of the molecule is Nc1nnc(S(=O)(=O)Nc2ccc(F)cc2Br)s1. The van der Waals surface area contributed by atoms with E-state index in [2.05, 4.69) is 30.8 Å². The zero-order valence-corrected chi connectivity index (χ0v) is 11.8. The summed E-state index contributed by atoms with van der Waals surface area (Å²) in [4.78, 5) is 0. The summed E-state index contributed by atoms with van der Waals surface area (Å²) < 4.78 is 38.9. The summed E-state index contributed by atoms with van der Waals surface area (Å²) in [5.74, 6) is -0.481. The van der Waals surface area contributed by atoms with Gasteiger partial charge in [0.2, 0.25) is 5.13 Å². The molecule has 18 heavy (non-hydrogen) atoms. The first-order valence-corrected chi connectivity index (χ1v) is 7.54. The molecule has 0 bridgehead atoms. The number of aromatic nitrogens is 2. The highest BCUT2D eigenvalue weighted by atomic mass is 79.9. The first-order chi connectivity index (χ1) is 8.38. The van der Waals surface area contributed by atoms with Crippen LogP contribution < -0.4 is 10.5 Å². The summed E-state index contributed by atoms with van der Waals surface area (Å²) in [6.45, 7) is 0. The van der Waals surface area contributed by atoms with Crippen LogP contribution in [-0.2, 0) is 10.0 Å². The minimum atomic E-state index is -3.87. The van der Waals surface area contributed by atoms with E-state index in [4.69, 9.17) is 5.73 Å². The van der Waals surface area contributed by atoms with Gasteiger partial charge in [0.25, 0.3) is 14.4 Å². The molecule has 10 heteroatoms. The molecule has 0 saturated carbocycles.